The molecule has 8 heavy (non-hydrogen) atoms. The van der Waals surface area contributed by atoms with Crippen LogP contribution in [0.1, 0.15) is 13.3 Å². The summed E-state index contributed by atoms with van der Waals surface area (Å²) < 4.78 is 0. The van der Waals surface area contributed by atoms with Crippen LogP contribution in [-0.4, -0.2) is 6.54 Å². The Hall–Kier alpha value is 0.528. The van der Waals surface area contributed by atoms with Gasteiger partial charge in [0, 0.05) is 0 Å². The molecule has 0 spiro atoms. The van der Waals surface area contributed by atoms with Gasteiger partial charge in [0.15, 0.2) is 0 Å². The minimum absolute atomic E-state index is 0. The molecule has 0 aliphatic heterocycles. The summed E-state index contributed by atoms with van der Waals surface area (Å²) in [5.74, 6) is 0. The molecule has 0 atom stereocenters. The van der Waals surface area contributed by atoms with Crippen molar-refractivity contribution in [3.63, 3.8) is 0 Å². The minimum atomic E-state index is 0. The Balaban J connectivity index is -0.00000000750. The third kappa shape index (κ3) is 85.4. The maximum atomic E-state index is 6.45. The van der Waals surface area contributed by atoms with Gasteiger partial charge in [0.25, 0.3) is 0 Å². The Kier molecular flexibility index (Phi) is 244. The van der Waals surface area contributed by atoms with Crippen LogP contribution in [0.25, 0.3) is 24.2 Å². The SMILES string of the molecule is CCC[NH-].[NH2-].[NH2-].[NH2-].[Pt+4]. The Morgan fingerprint density at radius 3 is 1.25 bits per heavy atom. The molecular weight excluding hydrogens is 287 g/mol. The summed E-state index contributed by atoms with van der Waals surface area (Å²) in [6.45, 7) is 2.56. The average Bonchev–Trinajstić information content (AvgIpc) is 1.37. The summed E-state index contributed by atoms with van der Waals surface area (Å²) in [6, 6.07) is 0. The van der Waals surface area contributed by atoms with E-state index in [1.807, 2.05) is 6.92 Å². The molecule has 0 saturated carbocycles. The molecule has 0 saturated heterocycles. The van der Waals surface area contributed by atoms with E-state index in [1.54, 1.807) is 0 Å². The summed E-state index contributed by atoms with van der Waals surface area (Å²) in [7, 11) is 0. The molecule has 0 bridgehead atoms. The predicted molar refractivity (Wildman–Crippen MR) is 35.3 cm³/mol. The minimum Gasteiger partial charge on any atom is -0.693 e. The molecule has 0 aromatic carbocycles. The van der Waals surface area contributed by atoms with Gasteiger partial charge in [-0.1, -0.05) is 13.3 Å². The zero-order chi connectivity index (χ0) is 3.41. The Bertz CT molecular complexity index is 13.2. The second-order valence-corrected chi connectivity index (χ2v) is 0.750. The third-order valence-electron chi connectivity index (χ3n) is 0.250. The van der Waals surface area contributed by atoms with E-state index in [0.717, 1.165) is 6.42 Å². The molecule has 4 nitrogen and oxygen atoms in total. The van der Waals surface area contributed by atoms with E-state index >= 15 is 0 Å². The van der Waals surface area contributed by atoms with Crippen molar-refractivity contribution in [3.8, 4) is 0 Å². The molecule has 0 radical (unpaired) electrons. The van der Waals surface area contributed by atoms with Crippen molar-refractivity contribution < 1.29 is 21.1 Å². The monoisotopic (exact) mass is 301 g/mol. The second-order valence-electron chi connectivity index (χ2n) is 0.750. The van der Waals surface area contributed by atoms with Crippen LogP contribution in [0, 0.1) is 0 Å². The Labute approximate surface area is 65.6 Å². The number of hydrogen-bond donors (Lipinski definition) is 0. The summed E-state index contributed by atoms with van der Waals surface area (Å²) in [5, 5.41) is 0. The van der Waals surface area contributed by atoms with Crippen LogP contribution < -0.4 is 0 Å². The van der Waals surface area contributed by atoms with Crippen LogP contribution >= 0.6 is 0 Å². The number of nitrogens with one attached hydrogen (secondary N) is 1. The normalized spacial score (nSPS) is 3.75. The second kappa shape index (κ2) is 50.2. The van der Waals surface area contributed by atoms with Gasteiger partial charge in [-0.2, -0.15) is 6.54 Å². The zero-order valence-electron chi connectivity index (χ0n) is 4.96. The van der Waals surface area contributed by atoms with E-state index in [-0.39, 0.29) is 39.5 Å². The molecule has 0 rings (SSSR count). The molecular formula is C3H14N4Pt. The van der Waals surface area contributed by atoms with Crippen molar-refractivity contribution in [1.29, 1.82) is 0 Å². The first-order chi connectivity index (χ1) is 1.91. The molecule has 0 unspecified atom stereocenters. The van der Waals surface area contributed by atoms with Crippen molar-refractivity contribution in [2.24, 2.45) is 0 Å². The fraction of sp³-hybridized carbons (Fsp3) is 1.00. The summed E-state index contributed by atoms with van der Waals surface area (Å²) in [6.07, 6.45) is 0.986. The Morgan fingerprint density at radius 1 is 1.12 bits per heavy atom. The van der Waals surface area contributed by atoms with Gasteiger partial charge in [-0.15, -0.1) is 0 Å². The van der Waals surface area contributed by atoms with E-state index in [2.05, 4.69) is 0 Å². The quantitative estimate of drug-likeness (QED) is 0.702. The van der Waals surface area contributed by atoms with Crippen molar-refractivity contribution in [2.75, 3.05) is 6.54 Å². The molecule has 0 aliphatic rings. The maximum absolute atomic E-state index is 6.45. The van der Waals surface area contributed by atoms with Crippen LogP contribution in [0.5, 0.6) is 0 Å². The molecule has 5 heteroatoms. The average molecular weight is 301 g/mol. The van der Waals surface area contributed by atoms with Gasteiger partial charge in [0.2, 0.25) is 0 Å². The molecule has 0 fully saturated rings. The van der Waals surface area contributed by atoms with Crippen molar-refractivity contribution in [3.05, 3.63) is 24.2 Å². The molecule has 56 valence electrons. The van der Waals surface area contributed by atoms with Crippen molar-refractivity contribution in [1.82, 2.24) is 0 Å². The molecule has 0 aromatic heterocycles. The van der Waals surface area contributed by atoms with E-state index in [4.69, 9.17) is 5.73 Å². The summed E-state index contributed by atoms with van der Waals surface area (Å²) in [5.41, 5.74) is 6.45. The maximum Gasteiger partial charge on any atom is 4.00 e. The van der Waals surface area contributed by atoms with Crippen LogP contribution in [0.3, 0.4) is 0 Å². The topological polar surface area (TPSA) is 124 Å². The van der Waals surface area contributed by atoms with Crippen molar-refractivity contribution in [2.45, 2.75) is 13.3 Å². The van der Waals surface area contributed by atoms with Gasteiger partial charge in [-0.25, -0.2) is 0 Å². The van der Waals surface area contributed by atoms with Crippen molar-refractivity contribution >= 4 is 0 Å². The summed E-state index contributed by atoms with van der Waals surface area (Å²) >= 11 is 0. The predicted octanol–water partition coefficient (Wildman–Crippen LogP) is 3.60. The largest absolute Gasteiger partial charge is 4.00 e. The van der Waals surface area contributed by atoms with E-state index in [0.29, 0.717) is 6.54 Å². The fourth-order valence-electron chi connectivity index (χ4n) is 0. The summed E-state index contributed by atoms with van der Waals surface area (Å²) in [4.78, 5) is 0. The van der Waals surface area contributed by atoms with Gasteiger partial charge in [-0.05, 0) is 0 Å². The van der Waals surface area contributed by atoms with Gasteiger partial charge < -0.3 is 24.2 Å². The van der Waals surface area contributed by atoms with Gasteiger partial charge in [0.1, 0.15) is 0 Å². The molecule has 0 heterocycles. The first-order valence-electron chi connectivity index (χ1n) is 1.56. The molecule has 7 N–H and O–H groups in total. The fourth-order valence-corrected chi connectivity index (χ4v) is 0. The van der Waals surface area contributed by atoms with Gasteiger partial charge in [-0.3, -0.25) is 0 Å². The van der Waals surface area contributed by atoms with Gasteiger partial charge in [0.05, 0.1) is 0 Å². The first kappa shape index (κ1) is 38.8. The smallest absolute Gasteiger partial charge is 0.693 e. The molecule has 0 aliphatic carbocycles. The number of nitrogens with two attached hydrogens (primary N) is 3. The number of rotatable bonds is 1. The Morgan fingerprint density at radius 2 is 1.25 bits per heavy atom. The third-order valence-corrected chi connectivity index (χ3v) is 0.250. The van der Waals surface area contributed by atoms with E-state index < -0.39 is 0 Å². The molecule has 0 amide bonds. The number of hydrogen-bond acceptors (Lipinski definition) is 0. The van der Waals surface area contributed by atoms with Crippen LogP contribution in [-0.2, 0) is 21.1 Å². The van der Waals surface area contributed by atoms with Crippen LogP contribution in [0.2, 0.25) is 0 Å². The first-order valence-corrected chi connectivity index (χ1v) is 1.56. The van der Waals surface area contributed by atoms with E-state index in [9.17, 15) is 0 Å². The van der Waals surface area contributed by atoms with Crippen LogP contribution in [0.4, 0.5) is 0 Å². The molecule has 0 aromatic rings. The standard InChI is InChI=1S/C3H8N.3H2N.Pt/c1-2-3-4;;;;/h4H,2-3H2,1H3;3*1H2;/q4*-1;+4. The van der Waals surface area contributed by atoms with Gasteiger partial charge >= 0.3 is 21.1 Å². The zero-order valence-corrected chi connectivity index (χ0v) is 7.23. The van der Waals surface area contributed by atoms with E-state index in [1.165, 1.54) is 0 Å². The van der Waals surface area contributed by atoms with Crippen LogP contribution in [0.15, 0.2) is 0 Å².